The van der Waals surface area contributed by atoms with Crippen LogP contribution in [0.2, 0.25) is 0 Å². The van der Waals surface area contributed by atoms with Crippen LogP contribution in [-0.4, -0.2) is 19.7 Å². The maximum absolute atomic E-state index is 4.38. The van der Waals surface area contributed by atoms with Gasteiger partial charge in [-0.25, -0.2) is 9.97 Å². The number of fused-ring (bicyclic) bond motifs is 1. The van der Waals surface area contributed by atoms with Crippen molar-refractivity contribution in [3.8, 4) is 11.1 Å². The molecule has 0 bridgehead atoms. The SMILES string of the molecule is CC(Nc1ncnc2c1cnn2C)c1ccc(-c2ccccc2)cc1. The Morgan fingerprint density at radius 1 is 0.920 bits per heavy atom. The summed E-state index contributed by atoms with van der Waals surface area (Å²) >= 11 is 0. The highest BCUT2D eigenvalue weighted by atomic mass is 15.3. The van der Waals surface area contributed by atoms with Gasteiger partial charge in [0.1, 0.15) is 12.1 Å². The lowest BCUT2D eigenvalue weighted by molar-refractivity contribution is 0.785. The lowest BCUT2D eigenvalue weighted by atomic mass is 10.0. The predicted molar refractivity (Wildman–Crippen MR) is 100 cm³/mol. The van der Waals surface area contributed by atoms with Crippen molar-refractivity contribution in [2.24, 2.45) is 7.05 Å². The van der Waals surface area contributed by atoms with Crippen molar-refractivity contribution in [1.82, 2.24) is 19.7 Å². The number of benzene rings is 2. The zero-order valence-corrected chi connectivity index (χ0v) is 14.2. The van der Waals surface area contributed by atoms with Crippen molar-refractivity contribution < 1.29 is 0 Å². The van der Waals surface area contributed by atoms with Gasteiger partial charge in [-0.3, -0.25) is 4.68 Å². The minimum absolute atomic E-state index is 0.128. The van der Waals surface area contributed by atoms with Crippen LogP contribution in [0.4, 0.5) is 5.82 Å². The Labute approximate surface area is 146 Å². The monoisotopic (exact) mass is 329 g/mol. The molecule has 4 aromatic rings. The second-order valence-corrected chi connectivity index (χ2v) is 6.08. The van der Waals surface area contributed by atoms with Gasteiger partial charge in [0.05, 0.1) is 11.6 Å². The molecule has 5 nitrogen and oxygen atoms in total. The van der Waals surface area contributed by atoms with Crippen LogP contribution in [0.1, 0.15) is 18.5 Å². The summed E-state index contributed by atoms with van der Waals surface area (Å²) in [6.07, 6.45) is 3.36. The number of aryl methyl sites for hydroxylation is 1. The zero-order valence-electron chi connectivity index (χ0n) is 14.2. The fourth-order valence-corrected chi connectivity index (χ4v) is 2.96. The first-order chi connectivity index (χ1) is 12.2. The Balaban J connectivity index is 1.57. The van der Waals surface area contributed by atoms with Crippen LogP contribution in [0.25, 0.3) is 22.2 Å². The number of aromatic nitrogens is 4. The summed E-state index contributed by atoms with van der Waals surface area (Å²) in [6, 6.07) is 19.1. The molecule has 0 spiro atoms. The molecule has 0 aliphatic rings. The molecule has 124 valence electrons. The fourth-order valence-electron chi connectivity index (χ4n) is 2.96. The van der Waals surface area contributed by atoms with Gasteiger partial charge < -0.3 is 5.32 Å². The highest BCUT2D eigenvalue weighted by molar-refractivity contribution is 5.86. The molecule has 2 heterocycles. The maximum Gasteiger partial charge on any atom is 0.163 e. The van der Waals surface area contributed by atoms with Gasteiger partial charge in [0, 0.05) is 13.1 Å². The average molecular weight is 329 g/mol. The summed E-state index contributed by atoms with van der Waals surface area (Å²) in [4.78, 5) is 8.65. The normalized spacial score (nSPS) is 12.2. The lowest BCUT2D eigenvalue weighted by Gasteiger charge is -2.16. The number of hydrogen-bond donors (Lipinski definition) is 1. The predicted octanol–water partition coefficient (Wildman–Crippen LogP) is 4.20. The van der Waals surface area contributed by atoms with Gasteiger partial charge >= 0.3 is 0 Å². The third-order valence-electron chi connectivity index (χ3n) is 4.40. The Hall–Kier alpha value is -3.21. The Morgan fingerprint density at radius 2 is 1.64 bits per heavy atom. The van der Waals surface area contributed by atoms with Crippen LogP contribution >= 0.6 is 0 Å². The molecular weight excluding hydrogens is 310 g/mol. The number of rotatable bonds is 4. The first-order valence-corrected chi connectivity index (χ1v) is 8.27. The smallest absolute Gasteiger partial charge is 0.163 e. The highest BCUT2D eigenvalue weighted by Gasteiger charge is 2.11. The van der Waals surface area contributed by atoms with Gasteiger partial charge in [-0.15, -0.1) is 0 Å². The second-order valence-electron chi connectivity index (χ2n) is 6.08. The van der Waals surface area contributed by atoms with E-state index < -0.39 is 0 Å². The molecule has 0 amide bonds. The van der Waals surface area contributed by atoms with Crippen molar-refractivity contribution in [3.63, 3.8) is 0 Å². The van der Waals surface area contributed by atoms with E-state index in [4.69, 9.17) is 0 Å². The second kappa shape index (κ2) is 6.36. The molecule has 0 saturated heterocycles. The van der Waals surface area contributed by atoms with Crippen LogP contribution in [0.3, 0.4) is 0 Å². The van der Waals surface area contributed by atoms with E-state index in [1.54, 1.807) is 17.2 Å². The quantitative estimate of drug-likeness (QED) is 0.609. The largest absolute Gasteiger partial charge is 0.363 e. The molecule has 4 rings (SSSR count). The van der Waals surface area contributed by atoms with Crippen molar-refractivity contribution >= 4 is 16.9 Å². The topological polar surface area (TPSA) is 55.6 Å². The van der Waals surface area contributed by atoms with E-state index in [1.807, 2.05) is 13.1 Å². The zero-order chi connectivity index (χ0) is 17.2. The van der Waals surface area contributed by atoms with Gasteiger partial charge in [-0.05, 0) is 23.6 Å². The number of anilines is 1. The van der Waals surface area contributed by atoms with E-state index >= 15 is 0 Å². The molecular formula is C20H19N5. The molecule has 1 N–H and O–H groups in total. The summed E-state index contributed by atoms with van der Waals surface area (Å²) in [7, 11) is 1.88. The van der Waals surface area contributed by atoms with E-state index in [1.165, 1.54) is 16.7 Å². The lowest BCUT2D eigenvalue weighted by Crippen LogP contribution is -2.08. The third kappa shape index (κ3) is 2.96. The first-order valence-electron chi connectivity index (χ1n) is 8.27. The van der Waals surface area contributed by atoms with Crippen LogP contribution in [0, 0.1) is 0 Å². The number of nitrogens with zero attached hydrogens (tertiary/aromatic N) is 4. The van der Waals surface area contributed by atoms with Crippen LogP contribution in [0.15, 0.2) is 67.1 Å². The average Bonchev–Trinajstić information content (AvgIpc) is 3.05. The van der Waals surface area contributed by atoms with Crippen LogP contribution in [-0.2, 0) is 7.05 Å². The molecule has 2 aromatic heterocycles. The standard InChI is InChI=1S/C20H19N5/c1-14(24-19-18-12-23-25(2)20(18)22-13-21-19)15-8-10-17(11-9-15)16-6-4-3-5-7-16/h3-14H,1-2H3,(H,21,22,24). The van der Waals surface area contributed by atoms with E-state index in [-0.39, 0.29) is 6.04 Å². The number of hydrogen-bond acceptors (Lipinski definition) is 4. The van der Waals surface area contributed by atoms with Gasteiger partial charge in [0.15, 0.2) is 5.65 Å². The molecule has 0 radical (unpaired) electrons. The summed E-state index contributed by atoms with van der Waals surface area (Å²) in [6.45, 7) is 2.13. The Bertz CT molecular complexity index is 990. The summed E-state index contributed by atoms with van der Waals surface area (Å²) < 4.78 is 1.75. The van der Waals surface area contributed by atoms with E-state index in [9.17, 15) is 0 Å². The van der Waals surface area contributed by atoms with Crippen LogP contribution < -0.4 is 5.32 Å². The summed E-state index contributed by atoms with van der Waals surface area (Å²) in [5.41, 5.74) is 4.47. The number of nitrogens with one attached hydrogen (secondary N) is 1. The highest BCUT2D eigenvalue weighted by Crippen LogP contribution is 2.25. The minimum atomic E-state index is 0.128. The molecule has 1 atom stereocenters. The van der Waals surface area contributed by atoms with Crippen molar-refractivity contribution in [2.75, 3.05) is 5.32 Å². The Morgan fingerprint density at radius 3 is 2.40 bits per heavy atom. The summed E-state index contributed by atoms with van der Waals surface area (Å²) in [5, 5.41) is 8.65. The molecule has 5 heteroatoms. The van der Waals surface area contributed by atoms with E-state index in [0.717, 1.165) is 16.9 Å². The Kier molecular flexibility index (Phi) is 3.90. The molecule has 1 unspecified atom stereocenters. The van der Waals surface area contributed by atoms with Gasteiger partial charge in [0.25, 0.3) is 0 Å². The van der Waals surface area contributed by atoms with Gasteiger partial charge in [-0.2, -0.15) is 5.10 Å². The molecule has 0 saturated carbocycles. The molecule has 0 aliphatic heterocycles. The van der Waals surface area contributed by atoms with Crippen molar-refractivity contribution in [2.45, 2.75) is 13.0 Å². The molecule has 0 aliphatic carbocycles. The van der Waals surface area contributed by atoms with Gasteiger partial charge in [-0.1, -0.05) is 54.6 Å². The van der Waals surface area contributed by atoms with E-state index in [2.05, 4.69) is 75.8 Å². The molecule has 2 aromatic carbocycles. The summed E-state index contributed by atoms with van der Waals surface area (Å²) in [5.74, 6) is 0.803. The van der Waals surface area contributed by atoms with Crippen molar-refractivity contribution in [3.05, 3.63) is 72.7 Å². The fraction of sp³-hybridized carbons (Fsp3) is 0.150. The molecule has 25 heavy (non-hydrogen) atoms. The van der Waals surface area contributed by atoms with Crippen molar-refractivity contribution in [1.29, 1.82) is 0 Å². The molecule has 0 fully saturated rings. The minimum Gasteiger partial charge on any atom is -0.363 e. The maximum atomic E-state index is 4.38. The van der Waals surface area contributed by atoms with Crippen LogP contribution in [0.5, 0.6) is 0 Å². The van der Waals surface area contributed by atoms with E-state index in [0.29, 0.717) is 0 Å². The third-order valence-corrected chi connectivity index (χ3v) is 4.40. The van der Waals surface area contributed by atoms with Gasteiger partial charge in [0.2, 0.25) is 0 Å². The first kappa shape index (κ1) is 15.3.